The summed E-state index contributed by atoms with van der Waals surface area (Å²) in [5, 5.41) is 6.08. The van der Waals surface area contributed by atoms with Gasteiger partial charge in [-0.2, -0.15) is 0 Å². The van der Waals surface area contributed by atoms with Gasteiger partial charge in [0.15, 0.2) is 0 Å². The summed E-state index contributed by atoms with van der Waals surface area (Å²) in [4.78, 5) is 15.7. The highest BCUT2D eigenvalue weighted by atomic mass is 16.2. The molecule has 0 saturated carbocycles. The molecule has 15 heavy (non-hydrogen) atoms. The summed E-state index contributed by atoms with van der Waals surface area (Å²) in [6.45, 7) is 0.939. The van der Waals surface area contributed by atoms with Gasteiger partial charge >= 0.3 is 0 Å². The third-order valence-electron chi connectivity index (χ3n) is 2.57. The SMILES string of the molecule is O=C(Nc1ccncc1)[C@H]1CCCCN1. The molecule has 1 aromatic heterocycles. The third kappa shape index (κ3) is 2.76. The second-order valence-corrected chi connectivity index (χ2v) is 3.73. The average molecular weight is 205 g/mol. The lowest BCUT2D eigenvalue weighted by Gasteiger charge is -2.22. The van der Waals surface area contributed by atoms with E-state index in [0.29, 0.717) is 0 Å². The molecule has 0 unspecified atom stereocenters. The number of pyridine rings is 1. The van der Waals surface area contributed by atoms with Crippen LogP contribution in [0, 0.1) is 0 Å². The van der Waals surface area contributed by atoms with Crippen LogP contribution in [0.5, 0.6) is 0 Å². The van der Waals surface area contributed by atoms with Crippen LogP contribution in [0.1, 0.15) is 19.3 Å². The summed E-state index contributed by atoms with van der Waals surface area (Å²) in [7, 11) is 0. The molecule has 0 aromatic carbocycles. The Bertz CT molecular complexity index is 320. The first-order valence-corrected chi connectivity index (χ1v) is 5.30. The number of hydrogen-bond donors (Lipinski definition) is 2. The van der Waals surface area contributed by atoms with Gasteiger partial charge < -0.3 is 10.6 Å². The van der Waals surface area contributed by atoms with Gasteiger partial charge in [-0.25, -0.2) is 0 Å². The number of anilines is 1. The topological polar surface area (TPSA) is 54.0 Å². The van der Waals surface area contributed by atoms with E-state index in [0.717, 1.165) is 25.1 Å². The molecule has 1 atom stereocenters. The van der Waals surface area contributed by atoms with Gasteiger partial charge in [-0.3, -0.25) is 9.78 Å². The van der Waals surface area contributed by atoms with E-state index in [9.17, 15) is 4.79 Å². The Hall–Kier alpha value is -1.42. The minimum absolute atomic E-state index is 0.0353. The molecule has 2 N–H and O–H groups in total. The molecule has 0 spiro atoms. The van der Waals surface area contributed by atoms with Crippen molar-refractivity contribution in [1.82, 2.24) is 10.3 Å². The van der Waals surface area contributed by atoms with E-state index in [1.54, 1.807) is 24.5 Å². The zero-order valence-electron chi connectivity index (χ0n) is 8.57. The molecule has 0 bridgehead atoms. The minimum atomic E-state index is -0.0353. The predicted octanol–water partition coefficient (Wildman–Crippen LogP) is 1.16. The van der Waals surface area contributed by atoms with Crippen molar-refractivity contribution < 1.29 is 4.79 Å². The Morgan fingerprint density at radius 3 is 2.87 bits per heavy atom. The lowest BCUT2D eigenvalue weighted by Crippen LogP contribution is -2.43. The predicted molar refractivity (Wildman–Crippen MR) is 58.5 cm³/mol. The first-order valence-electron chi connectivity index (χ1n) is 5.30. The highest BCUT2D eigenvalue weighted by Gasteiger charge is 2.20. The molecule has 4 heteroatoms. The fourth-order valence-corrected chi connectivity index (χ4v) is 1.74. The molecule has 1 saturated heterocycles. The van der Waals surface area contributed by atoms with Crippen LogP contribution < -0.4 is 10.6 Å². The quantitative estimate of drug-likeness (QED) is 0.761. The normalized spacial score (nSPS) is 20.9. The van der Waals surface area contributed by atoms with Gasteiger partial charge in [0, 0.05) is 18.1 Å². The van der Waals surface area contributed by atoms with Gasteiger partial charge in [0.2, 0.25) is 5.91 Å². The first-order chi connectivity index (χ1) is 7.36. The molecule has 1 aromatic rings. The van der Waals surface area contributed by atoms with Crippen molar-refractivity contribution in [3.8, 4) is 0 Å². The largest absolute Gasteiger partial charge is 0.325 e. The average Bonchev–Trinajstić information content (AvgIpc) is 2.31. The zero-order valence-corrected chi connectivity index (χ0v) is 8.57. The summed E-state index contributed by atoms with van der Waals surface area (Å²) < 4.78 is 0. The molecule has 1 aliphatic rings. The van der Waals surface area contributed by atoms with Crippen LogP contribution >= 0.6 is 0 Å². The van der Waals surface area contributed by atoms with Crippen LogP contribution in [-0.2, 0) is 4.79 Å². The number of nitrogens with zero attached hydrogens (tertiary/aromatic N) is 1. The number of carbonyl (C=O) groups excluding carboxylic acids is 1. The Labute approximate surface area is 89.1 Å². The van der Waals surface area contributed by atoms with Crippen molar-refractivity contribution in [3.05, 3.63) is 24.5 Å². The van der Waals surface area contributed by atoms with Crippen LogP contribution in [0.25, 0.3) is 0 Å². The number of aromatic nitrogens is 1. The standard InChI is InChI=1S/C11H15N3O/c15-11(10-3-1-2-6-13-10)14-9-4-7-12-8-5-9/h4-5,7-8,10,13H,1-3,6H2,(H,12,14,15)/t10-/m1/s1. The Kier molecular flexibility index (Phi) is 3.29. The van der Waals surface area contributed by atoms with E-state index in [-0.39, 0.29) is 11.9 Å². The van der Waals surface area contributed by atoms with E-state index in [1.165, 1.54) is 6.42 Å². The fraction of sp³-hybridized carbons (Fsp3) is 0.455. The molecule has 1 amide bonds. The maximum Gasteiger partial charge on any atom is 0.241 e. The van der Waals surface area contributed by atoms with E-state index in [4.69, 9.17) is 0 Å². The smallest absolute Gasteiger partial charge is 0.241 e. The summed E-state index contributed by atoms with van der Waals surface area (Å²) in [6, 6.07) is 3.55. The second-order valence-electron chi connectivity index (χ2n) is 3.73. The van der Waals surface area contributed by atoms with Crippen molar-refractivity contribution in [2.75, 3.05) is 11.9 Å². The van der Waals surface area contributed by atoms with Crippen molar-refractivity contribution in [1.29, 1.82) is 0 Å². The van der Waals surface area contributed by atoms with Crippen molar-refractivity contribution in [2.24, 2.45) is 0 Å². The molecule has 1 fully saturated rings. The lowest BCUT2D eigenvalue weighted by atomic mass is 10.0. The lowest BCUT2D eigenvalue weighted by molar-refractivity contribution is -0.118. The number of hydrogen-bond acceptors (Lipinski definition) is 3. The number of carbonyl (C=O) groups is 1. The second kappa shape index (κ2) is 4.89. The molecule has 2 rings (SSSR count). The molecule has 0 aliphatic carbocycles. The van der Waals surface area contributed by atoms with Gasteiger partial charge in [-0.1, -0.05) is 6.42 Å². The number of nitrogens with one attached hydrogen (secondary N) is 2. The number of rotatable bonds is 2. The van der Waals surface area contributed by atoms with Crippen molar-refractivity contribution >= 4 is 11.6 Å². The van der Waals surface area contributed by atoms with E-state index >= 15 is 0 Å². The zero-order chi connectivity index (χ0) is 10.5. The van der Waals surface area contributed by atoms with Gasteiger partial charge in [-0.15, -0.1) is 0 Å². The summed E-state index contributed by atoms with van der Waals surface area (Å²) >= 11 is 0. The van der Waals surface area contributed by atoms with Crippen LogP contribution in [0.3, 0.4) is 0 Å². The Morgan fingerprint density at radius 1 is 1.40 bits per heavy atom. The molecule has 2 heterocycles. The maximum atomic E-state index is 11.8. The van der Waals surface area contributed by atoms with Gasteiger partial charge in [0.25, 0.3) is 0 Å². The monoisotopic (exact) mass is 205 g/mol. The number of amides is 1. The minimum Gasteiger partial charge on any atom is -0.325 e. The van der Waals surface area contributed by atoms with Gasteiger partial charge in [-0.05, 0) is 31.5 Å². The summed E-state index contributed by atoms with van der Waals surface area (Å²) in [5.41, 5.74) is 0.808. The molecular weight excluding hydrogens is 190 g/mol. The van der Waals surface area contributed by atoms with Crippen molar-refractivity contribution in [2.45, 2.75) is 25.3 Å². The molecule has 1 aliphatic heterocycles. The third-order valence-corrected chi connectivity index (χ3v) is 2.57. The Balaban J connectivity index is 1.91. The Morgan fingerprint density at radius 2 is 2.20 bits per heavy atom. The molecule has 80 valence electrons. The fourth-order valence-electron chi connectivity index (χ4n) is 1.74. The van der Waals surface area contributed by atoms with Gasteiger partial charge in [0.1, 0.15) is 0 Å². The van der Waals surface area contributed by atoms with Crippen LogP contribution in [0.2, 0.25) is 0 Å². The highest BCUT2D eigenvalue weighted by Crippen LogP contribution is 2.10. The molecular formula is C11H15N3O. The summed E-state index contributed by atoms with van der Waals surface area (Å²) in [6.07, 6.45) is 6.56. The van der Waals surface area contributed by atoms with E-state index < -0.39 is 0 Å². The van der Waals surface area contributed by atoms with Crippen LogP contribution in [-0.4, -0.2) is 23.5 Å². The van der Waals surface area contributed by atoms with E-state index in [2.05, 4.69) is 15.6 Å². The molecule has 4 nitrogen and oxygen atoms in total. The van der Waals surface area contributed by atoms with E-state index in [1.807, 2.05) is 0 Å². The van der Waals surface area contributed by atoms with Gasteiger partial charge in [0.05, 0.1) is 6.04 Å². The maximum absolute atomic E-state index is 11.8. The van der Waals surface area contributed by atoms with Crippen molar-refractivity contribution in [3.63, 3.8) is 0 Å². The first kappa shape index (κ1) is 10.1. The van der Waals surface area contributed by atoms with Crippen LogP contribution in [0.15, 0.2) is 24.5 Å². The highest BCUT2D eigenvalue weighted by molar-refractivity contribution is 5.94. The van der Waals surface area contributed by atoms with Crippen LogP contribution in [0.4, 0.5) is 5.69 Å². The molecule has 0 radical (unpaired) electrons. The summed E-state index contributed by atoms with van der Waals surface area (Å²) in [5.74, 6) is 0.0564. The number of piperidine rings is 1.